The highest BCUT2D eigenvalue weighted by Gasteiger charge is 2.18. The molecule has 0 saturated carbocycles. The van der Waals surface area contributed by atoms with E-state index < -0.39 is 0 Å². The van der Waals surface area contributed by atoms with Gasteiger partial charge in [0.2, 0.25) is 0 Å². The van der Waals surface area contributed by atoms with Gasteiger partial charge in [-0.3, -0.25) is 0 Å². The van der Waals surface area contributed by atoms with Gasteiger partial charge in [-0.15, -0.1) is 11.6 Å². The Morgan fingerprint density at radius 1 is 1.25 bits per heavy atom. The number of hydrogen-bond donors (Lipinski definition) is 0. The van der Waals surface area contributed by atoms with Gasteiger partial charge in [0, 0.05) is 23.8 Å². The molecular weight excluding hydrogens is 298 g/mol. The van der Waals surface area contributed by atoms with E-state index in [0.29, 0.717) is 16.4 Å². The van der Waals surface area contributed by atoms with Gasteiger partial charge in [-0.05, 0) is 30.7 Å². The van der Waals surface area contributed by atoms with Crippen molar-refractivity contribution in [1.29, 1.82) is 0 Å². The number of alkyl halides is 1. The molecule has 0 aliphatic rings. The fourth-order valence-electron chi connectivity index (χ4n) is 1.97. The van der Waals surface area contributed by atoms with Crippen LogP contribution in [0, 0.1) is 5.82 Å². The number of pyridine rings is 1. The summed E-state index contributed by atoms with van der Waals surface area (Å²) in [4.78, 5) is 5.90. The average Bonchev–Trinajstić information content (AvgIpc) is 2.47. The zero-order valence-electron chi connectivity index (χ0n) is 11.3. The lowest BCUT2D eigenvalue weighted by Gasteiger charge is -2.27. The molecule has 1 heterocycles. The van der Waals surface area contributed by atoms with Gasteiger partial charge in [0.15, 0.2) is 11.6 Å². The number of benzene rings is 1. The molecule has 2 aromatic rings. The lowest BCUT2D eigenvalue weighted by atomic mass is 10.1. The minimum atomic E-state index is -0.370. The molecule has 1 aromatic heterocycles. The largest absolute Gasteiger partial charge is 0.350 e. The zero-order valence-corrected chi connectivity index (χ0v) is 12.8. The van der Waals surface area contributed by atoms with Gasteiger partial charge in [0.05, 0.1) is 11.9 Å². The number of aromatic nitrogens is 1. The minimum Gasteiger partial charge on any atom is -0.350 e. The van der Waals surface area contributed by atoms with Crippen molar-refractivity contribution < 1.29 is 4.39 Å². The third-order valence-corrected chi connectivity index (χ3v) is 3.90. The number of rotatable bonds is 4. The van der Waals surface area contributed by atoms with E-state index in [1.54, 1.807) is 17.2 Å². The van der Waals surface area contributed by atoms with Crippen molar-refractivity contribution in [2.45, 2.75) is 18.8 Å². The Bertz CT molecular complexity index is 587. The topological polar surface area (TPSA) is 16.1 Å². The van der Waals surface area contributed by atoms with Gasteiger partial charge in [0.1, 0.15) is 0 Å². The summed E-state index contributed by atoms with van der Waals surface area (Å²) in [7, 11) is 1.81. The number of halogens is 3. The normalized spacial score (nSPS) is 12.2. The Morgan fingerprint density at radius 3 is 2.50 bits per heavy atom. The van der Waals surface area contributed by atoms with Crippen molar-refractivity contribution >= 4 is 29.0 Å². The Labute approximate surface area is 128 Å². The Morgan fingerprint density at radius 2 is 1.90 bits per heavy atom. The third kappa shape index (κ3) is 3.05. The molecule has 1 aromatic carbocycles. The van der Waals surface area contributed by atoms with Gasteiger partial charge in [-0.25, -0.2) is 9.37 Å². The highest BCUT2D eigenvalue weighted by atomic mass is 35.5. The van der Waals surface area contributed by atoms with Crippen LogP contribution in [-0.4, -0.2) is 12.0 Å². The van der Waals surface area contributed by atoms with Gasteiger partial charge in [0.25, 0.3) is 0 Å². The van der Waals surface area contributed by atoms with Gasteiger partial charge in [-0.1, -0.05) is 23.7 Å². The van der Waals surface area contributed by atoms with Crippen LogP contribution in [0.3, 0.4) is 0 Å². The molecule has 20 heavy (non-hydrogen) atoms. The molecule has 0 amide bonds. The molecule has 106 valence electrons. The molecule has 0 radical (unpaired) electrons. The molecular formula is C15H15Cl2FN2. The van der Waals surface area contributed by atoms with Crippen LogP contribution in [0.15, 0.2) is 36.5 Å². The quantitative estimate of drug-likeness (QED) is 0.753. The predicted molar refractivity (Wildman–Crippen MR) is 82.0 cm³/mol. The Kier molecular flexibility index (Phi) is 4.84. The molecule has 0 fully saturated rings. The number of anilines is 1. The smallest absolute Gasteiger partial charge is 0.170 e. The van der Waals surface area contributed by atoms with E-state index in [4.69, 9.17) is 23.2 Å². The lowest BCUT2D eigenvalue weighted by Crippen LogP contribution is -2.24. The highest BCUT2D eigenvalue weighted by molar-refractivity contribution is 6.30. The highest BCUT2D eigenvalue weighted by Crippen LogP contribution is 2.28. The van der Waals surface area contributed by atoms with Crippen LogP contribution in [0.1, 0.15) is 24.1 Å². The van der Waals surface area contributed by atoms with Crippen LogP contribution >= 0.6 is 23.2 Å². The van der Waals surface area contributed by atoms with Crippen LogP contribution in [0.2, 0.25) is 5.02 Å². The molecule has 0 spiro atoms. The molecule has 0 N–H and O–H groups in total. The predicted octanol–water partition coefficient (Wildman–Crippen LogP) is 4.81. The minimum absolute atomic E-state index is 0.0279. The van der Waals surface area contributed by atoms with Gasteiger partial charge in [-0.2, -0.15) is 0 Å². The van der Waals surface area contributed by atoms with Gasteiger partial charge < -0.3 is 4.90 Å². The van der Waals surface area contributed by atoms with E-state index in [9.17, 15) is 4.39 Å². The second kappa shape index (κ2) is 6.42. The van der Waals surface area contributed by atoms with Gasteiger partial charge >= 0.3 is 0 Å². The van der Waals surface area contributed by atoms with E-state index in [0.717, 1.165) is 5.56 Å². The molecule has 2 rings (SSSR count). The summed E-state index contributed by atoms with van der Waals surface area (Å²) < 4.78 is 14.3. The van der Waals surface area contributed by atoms with Crippen molar-refractivity contribution in [2.75, 3.05) is 11.9 Å². The summed E-state index contributed by atoms with van der Waals surface area (Å²) in [6.07, 6.45) is 1.57. The Hall–Kier alpha value is -1.32. The molecule has 0 saturated heterocycles. The maximum atomic E-state index is 14.3. The van der Waals surface area contributed by atoms with Crippen molar-refractivity contribution in [3.05, 3.63) is 58.5 Å². The Balaban J connectivity index is 2.31. The molecule has 0 aliphatic heterocycles. The maximum absolute atomic E-state index is 14.3. The number of hydrogen-bond acceptors (Lipinski definition) is 2. The second-order valence-corrected chi connectivity index (χ2v) is 5.28. The van der Waals surface area contributed by atoms with E-state index in [-0.39, 0.29) is 17.7 Å². The van der Waals surface area contributed by atoms with E-state index in [1.807, 2.05) is 38.2 Å². The van der Waals surface area contributed by atoms with E-state index >= 15 is 0 Å². The molecule has 0 aliphatic carbocycles. The second-order valence-electron chi connectivity index (χ2n) is 4.58. The standard InChI is InChI=1S/C15H15Cl2FN2/c1-10(11-3-5-13(17)6-4-11)20(2)15-14(18)12(9-16)7-8-19-15/h3-8,10H,9H2,1-2H3. The monoisotopic (exact) mass is 312 g/mol. The van der Waals surface area contributed by atoms with E-state index in [1.165, 1.54) is 0 Å². The maximum Gasteiger partial charge on any atom is 0.170 e. The molecule has 1 unspecified atom stereocenters. The lowest BCUT2D eigenvalue weighted by molar-refractivity contribution is 0.593. The molecule has 0 bridgehead atoms. The third-order valence-electron chi connectivity index (χ3n) is 3.36. The van der Waals surface area contributed by atoms with Crippen molar-refractivity contribution in [1.82, 2.24) is 4.98 Å². The summed E-state index contributed by atoms with van der Waals surface area (Å²) in [5.41, 5.74) is 1.49. The first-order valence-electron chi connectivity index (χ1n) is 6.22. The van der Waals surface area contributed by atoms with Crippen LogP contribution < -0.4 is 4.90 Å². The van der Waals surface area contributed by atoms with Crippen LogP contribution in [0.25, 0.3) is 0 Å². The van der Waals surface area contributed by atoms with Crippen molar-refractivity contribution in [3.63, 3.8) is 0 Å². The van der Waals surface area contributed by atoms with Crippen LogP contribution in [0.5, 0.6) is 0 Å². The summed E-state index contributed by atoms with van der Waals surface area (Å²) in [5.74, 6) is 0.0567. The van der Waals surface area contributed by atoms with E-state index in [2.05, 4.69) is 4.98 Å². The summed E-state index contributed by atoms with van der Waals surface area (Å²) in [6, 6.07) is 9.05. The SMILES string of the molecule is CC(c1ccc(Cl)cc1)N(C)c1nccc(CCl)c1F. The summed E-state index contributed by atoms with van der Waals surface area (Å²) in [6.45, 7) is 1.98. The first-order chi connectivity index (χ1) is 9.54. The zero-order chi connectivity index (χ0) is 14.7. The molecule has 5 heteroatoms. The number of nitrogens with zero attached hydrogens (tertiary/aromatic N) is 2. The summed E-state index contributed by atoms with van der Waals surface area (Å²) in [5, 5.41) is 0.678. The fraction of sp³-hybridized carbons (Fsp3) is 0.267. The fourth-order valence-corrected chi connectivity index (χ4v) is 2.30. The van der Waals surface area contributed by atoms with Crippen molar-refractivity contribution in [2.24, 2.45) is 0 Å². The first-order valence-corrected chi connectivity index (χ1v) is 7.13. The van der Waals surface area contributed by atoms with Crippen LogP contribution in [-0.2, 0) is 5.88 Å². The average molecular weight is 313 g/mol. The first kappa shape index (κ1) is 15.1. The summed E-state index contributed by atoms with van der Waals surface area (Å²) >= 11 is 11.6. The van der Waals surface area contributed by atoms with Crippen LogP contribution in [0.4, 0.5) is 10.2 Å². The molecule has 2 nitrogen and oxygen atoms in total. The van der Waals surface area contributed by atoms with Crippen molar-refractivity contribution in [3.8, 4) is 0 Å². The molecule has 1 atom stereocenters.